The summed E-state index contributed by atoms with van der Waals surface area (Å²) < 4.78 is 22.9. The third kappa shape index (κ3) is 10.7. The normalized spacial score (nSPS) is 12.2. The highest BCUT2D eigenvalue weighted by Crippen LogP contribution is 2.49. The summed E-state index contributed by atoms with van der Waals surface area (Å²) in [5.41, 5.74) is 0.998. The Bertz CT molecular complexity index is 499. The summed E-state index contributed by atoms with van der Waals surface area (Å²) in [4.78, 5) is 11.0. The van der Waals surface area contributed by atoms with Crippen molar-refractivity contribution in [2.45, 2.75) is 45.8 Å². The van der Waals surface area contributed by atoms with Crippen LogP contribution in [0, 0.1) is 0 Å². The SMILES string of the molecule is CC.CCOP(=O)(CCCSC(CC(=O)O)c1ccccc1)OCC. The van der Waals surface area contributed by atoms with Gasteiger partial charge in [-0.05, 0) is 31.6 Å². The molecule has 0 radical (unpaired) electrons. The number of hydrogen-bond donors (Lipinski definition) is 1. The fourth-order valence-corrected chi connectivity index (χ4v) is 5.23. The minimum absolute atomic E-state index is 0.0727. The van der Waals surface area contributed by atoms with E-state index in [0.29, 0.717) is 31.5 Å². The molecule has 1 N–H and O–H groups in total. The largest absolute Gasteiger partial charge is 0.481 e. The zero-order valence-electron chi connectivity index (χ0n) is 15.6. The van der Waals surface area contributed by atoms with Gasteiger partial charge < -0.3 is 14.2 Å². The Kier molecular flexibility index (Phi) is 13.9. The average Bonchev–Trinajstić information content (AvgIpc) is 2.60. The molecule has 144 valence electrons. The van der Waals surface area contributed by atoms with Crippen LogP contribution < -0.4 is 0 Å². The van der Waals surface area contributed by atoms with E-state index in [4.69, 9.17) is 14.2 Å². The molecule has 0 saturated heterocycles. The van der Waals surface area contributed by atoms with E-state index in [-0.39, 0.29) is 11.7 Å². The zero-order chi connectivity index (χ0) is 19.1. The van der Waals surface area contributed by atoms with E-state index < -0.39 is 13.6 Å². The Balaban J connectivity index is 0.00000277. The molecule has 0 heterocycles. The Hall–Kier alpha value is -0.810. The van der Waals surface area contributed by atoms with Crippen LogP contribution in [0.5, 0.6) is 0 Å². The van der Waals surface area contributed by atoms with Crippen LogP contribution in [0.2, 0.25) is 0 Å². The van der Waals surface area contributed by atoms with Gasteiger partial charge in [-0.25, -0.2) is 0 Å². The first-order chi connectivity index (χ1) is 12.0. The molecule has 1 aromatic rings. The molecule has 25 heavy (non-hydrogen) atoms. The molecule has 0 saturated carbocycles. The number of carbonyl (C=O) groups is 1. The molecule has 0 aliphatic rings. The third-order valence-corrected chi connectivity index (χ3v) is 6.61. The van der Waals surface area contributed by atoms with Gasteiger partial charge in [-0.15, -0.1) is 0 Å². The number of hydrogen-bond acceptors (Lipinski definition) is 5. The monoisotopic (exact) mass is 390 g/mol. The van der Waals surface area contributed by atoms with Crippen molar-refractivity contribution >= 4 is 25.3 Å². The first-order valence-corrected chi connectivity index (χ1v) is 11.5. The minimum Gasteiger partial charge on any atom is -0.481 e. The van der Waals surface area contributed by atoms with Gasteiger partial charge >= 0.3 is 13.6 Å². The van der Waals surface area contributed by atoms with Crippen molar-refractivity contribution in [2.75, 3.05) is 25.1 Å². The molecule has 0 spiro atoms. The van der Waals surface area contributed by atoms with Crippen molar-refractivity contribution in [1.29, 1.82) is 0 Å². The summed E-state index contributed by atoms with van der Waals surface area (Å²) in [5, 5.41) is 8.97. The summed E-state index contributed by atoms with van der Waals surface area (Å²) >= 11 is 1.57. The average molecular weight is 390 g/mol. The second-order valence-corrected chi connectivity index (χ2v) is 8.39. The predicted octanol–water partition coefficient (Wildman–Crippen LogP) is 5.62. The lowest BCUT2D eigenvalue weighted by molar-refractivity contribution is -0.137. The molecule has 0 aliphatic carbocycles. The Morgan fingerprint density at radius 3 is 2.20 bits per heavy atom. The third-order valence-electron chi connectivity index (χ3n) is 3.08. The molecule has 0 aromatic heterocycles. The number of thioether (sulfide) groups is 1. The molecule has 0 bridgehead atoms. The van der Waals surface area contributed by atoms with E-state index in [9.17, 15) is 9.36 Å². The van der Waals surface area contributed by atoms with Crippen molar-refractivity contribution in [3.63, 3.8) is 0 Å². The Morgan fingerprint density at radius 1 is 1.16 bits per heavy atom. The topological polar surface area (TPSA) is 72.8 Å². The second kappa shape index (κ2) is 14.4. The van der Waals surface area contributed by atoms with Gasteiger partial charge in [0.25, 0.3) is 0 Å². The van der Waals surface area contributed by atoms with Crippen LogP contribution in [0.3, 0.4) is 0 Å². The van der Waals surface area contributed by atoms with Crippen LogP contribution in [-0.2, 0) is 18.4 Å². The van der Waals surface area contributed by atoms with E-state index in [1.165, 1.54) is 0 Å². The van der Waals surface area contributed by atoms with Gasteiger partial charge in [-0.3, -0.25) is 9.36 Å². The van der Waals surface area contributed by atoms with E-state index in [1.54, 1.807) is 25.6 Å². The number of aliphatic carboxylic acids is 1. The van der Waals surface area contributed by atoms with Crippen molar-refractivity contribution < 1.29 is 23.5 Å². The number of rotatable bonds is 12. The van der Waals surface area contributed by atoms with Gasteiger partial charge in [0.1, 0.15) is 0 Å². The van der Waals surface area contributed by atoms with Gasteiger partial charge in [-0.2, -0.15) is 11.8 Å². The van der Waals surface area contributed by atoms with Crippen LogP contribution in [0.25, 0.3) is 0 Å². The van der Waals surface area contributed by atoms with Gasteiger partial charge in [0, 0.05) is 5.25 Å². The summed E-state index contributed by atoms with van der Waals surface area (Å²) in [6, 6.07) is 9.59. The van der Waals surface area contributed by atoms with Crippen molar-refractivity contribution in [3.8, 4) is 0 Å². The van der Waals surface area contributed by atoms with Gasteiger partial charge in [0.05, 0.1) is 25.8 Å². The predicted molar refractivity (Wildman–Crippen MR) is 106 cm³/mol. The molecular weight excluding hydrogens is 359 g/mol. The molecule has 5 nitrogen and oxygen atoms in total. The molecule has 1 rings (SSSR count). The first kappa shape index (κ1) is 24.2. The molecule has 7 heteroatoms. The van der Waals surface area contributed by atoms with Crippen molar-refractivity contribution in [3.05, 3.63) is 35.9 Å². The lowest BCUT2D eigenvalue weighted by Gasteiger charge is -2.18. The van der Waals surface area contributed by atoms with Gasteiger partial charge in [0.2, 0.25) is 0 Å². The van der Waals surface area contributed by atoms with E-state index in [0.717, 1.165) is 5.56 Å². The van der Waals surface area contributed by atoms with Gasteiger partial charge in [-0.1, -0.05) is 44.2 Å². The highest BCUT2D eigenvalue weighted by Gasteiger charge is 2.23. The van der Waals surface area contributed by atoms with E-state index >= 15 is 0 Å². The summed E-state index contributed by atoms with van der Waals surface area (Å²) in [6.45, 7) is 8.30. The molecular formula is C18H31O5PS. The Labute approximate surface area is 156 Å². The van der Waals surface area contributed by atoms with Crippen molar-refractivity contribution in [2.24, 2.45) is 0 Å². The second-order valence-electron chi connectivity index (χ2n) is 4.89. The standard InChI is InChI=1S/C16H25O5PS.C2H6/c1-3-20-22(19,21-4-2)11-8-12-23-15(13-16(17)18)14-9-6-5-7-10-14;1-2/h5-7,9-10,15H,3-4,8,11-13H2,1-2H3,(H,17,18);1-2H3. The maximum Gasteiger partial charge on any atom is 0.330 e. The zero-order valence-corrected chi connectivity index (χ0v) is 17.4. The van der Waals surface area contributed by atoms with Crippen LogP contribution in [0.1, 0.15) is 51.3 Å². The quantitative estimate of drug-likeness (QED) is 0.369. The summed E-state index contributed by atoms with van der Waals surface area (Å²) in [5.74, 6) is -0.113. The van der Waals surface area contributed by atoms with Crippen molar-refractivity contribution in [1.82, 2.24) is 0 Å². The molecule has 0 amide bonds. The maximum absolute atomic E-state index is 12.4. The molecule has 1 atom stereocenters. The van der Waals surface area contributed by atoms with Crippen LogP contribution in [-0.4, -0.2) is 36.2 Å². The number of carboxylic acid groups (broad SMARTS) is 1. The smallest absolute Gasteiger partial charge is 0.330 e. The van der Waals surface area contributed by atoms with E-state index in [2.05, 4.69) is 0 Å². The molecule has 0 fully saturated rings. The summed E-state index contributed by atoms with van der Waals surface area (Å²) in [6.07, 6.45) is 1.09. The lowest BCUT2D eigenvalue weighted by atomic mass is 10.1. The minimum atomic E-state index is -3.01. The Morgan fingerprint density at radius 2 is 1.72 bits per heavy atom. The molecule has 0 aliphatic heterocycles. The molecule has 1 aromatic carbocycles. The fourth-order valence-electron chi connectivity index (χ4n) is 2.14. The molecule has 1 unspecified atom stereocenters. The van der Waals surface area contributed by atoms with Crippen LogP contribution >= 0.6 is 19.4 Å². The summed E-state index contributed by atoms with van der Waals surface area (Å²) in [7, 11) is -3.01. The van der Waals surface area contributed by atoms with Gasteiger partial charge in [0.15, 0.2) is 0 Å². The highest BCUT2D eigenvalue weighted by atomic mass is 32.2. The first-order valence-electron chi connectivity index (χ1n) is 8.77. The number of benzene rings is 1. The lowest BCUT2D eigenvalue weighted by Crippen LogP contribution is -2.05. The van der Waals surface area contributed by atoms with E-state index in [1.807, 2.05) is 44.2 Å². The fraction of sp³-hybridized carbons (Fsp3) is 0.611. The number of carboxylic acids is 1. The van der Waals surface area contributed by atoms with Crippen LogP contribution in [0.4, 0.5) is 0 Å². The van der Waals surface area contributed by atoms with Crippen LogP contribution in [0.15, 0.2) is 30.3 Å². The highest BCUT2D eigenvalue weighted by molar-refractivity contribution is 7.99. The maximum atomic E-state index is 12.4.